The summed E-state index contributed by atoms with van der Waals surface area (Å²) in [5.74, 6) is -2.56. The van der Waals surface area contributed by atoms with Crippen LogP contribution in [-0.2, 0) is 32.7 Å². The lowest BCUT2D eigenvalue weighted by molar-refractivity contribution is -0.147. The summed E-state index contributed by atoms with van der Waals surface area (Å²) in [6.07, 6.45) is 58.9. The maximum atomic E-state index is 12.3. The van der Waals surface area contributed by atoms with Crippen molar-refractivity contribution in [2.75, 3.05) is 19.8 Å². The fourth-order valence-electron chi connectivity index (χ4n) is 6.15. The van der Waals surface area contributed by atoms with Gasteiger partial charge in [-0.2, -0.15) is 0 Å². The first-order chi connectivity index (χ1) is 31.1. The largest absolute Gasteiger partial charge is 0.480 e. The third-order valence-corrected chi connectivity index (χ3v) is 10.8. The SMILES string of the molecule is CC/C=C\C/C=C\C/C=C\C/C=C\C/C=C\C/C=C\C/C=C\CC(=O)NC(COP(=O)(O)OCC(O)COC(=O)CCCCCCCCCCC/C=C/CCCCCCCC)C(=O)O. The van der Waals surface area contributed by atoms with E-state index in [-0.39, 0.29) is 12.8 Å². The van der Waals surface area contributed by atoms with E-state index in [0.717, 1.165) is 57.8 Å². The molecule has 0 saturated heterocycles. The number of ether oxygens (including phenoxy) is 1. The Bertz CT molecular complexity index is 1450. The highest BCUT2D eigenvalue weighted by atomic mass is 31.2. The number of aliphatic hydroxyl groups excluding tert-OH is 1. The number of esters is 1. The summed E-state index contributed by atoms with van der Waals surface area (Å²) < 4.78 is 26.9. The van der Waals surface area contributed by atoms with Crippen molar-refractivity contribution < 1.29 is 47.8 Å². The molecule has 0 aliphatic rings. The number of carbonyl (C=O) groups is 3. The number of aliphatic hydroxyl groups is 1. The average Bonchev–Trinajstić information content (AvgIpc) is 3.27. The highest BCUT2D eigenvalue weighted by Gasteiger charge is 2.28. The Kier molecular flexibility index (Phi) is 43.4. The fourth-order valence-corrected chi connectivity index (χ4v) is 6.93. The van der Waals surface area contributed by atoms with E-state index in [9.17, 15) is 34.1 Å². The molecule has 0 spiro atoms. The predicted octanol–water partition coefficient (Wildman–Crippen LogP) is 13.2. The maximum absolute atomic E-state index is 12.3. The van der Waals surface area contributed by atoms with Gasteiger partial charge in [0.05, 0.1) is 13.2 Å². The molecule has 0 fully saturated rings. The first kappa shape index (κ1) is 60.4. The van der Waals surface area contributed by atoms with Crippen LogP contribution in [-0.4, -0.2) is 64.9 Å². The van der Waals surface area contributed by atoms with Gasteiger partial charge in [0.15, 0.2) is 6.04 Å². The summed E-state index contributed by atoms with van der Waals surface area (Å²) >= 11 is 0. The zero-order valence-corrected chi connectivity index (χ0v) is 40.4. The van der Waals surface area contributed by atoms with Gasteiger partial charge in [-0.1, -0.05) is 188 Å². The lowest BCUT2D eigenvalue weighted by Crippen LogP contribution is -2.43. The molecule has 0 radical (unpaired) electrons. The molecular weight excluding hydrogens is 830 g/mol. The van der Waals surface area contributed by atoms with Crippen molar-refractivity contribution in [2.24, 2.45) is 0 Å². The van der Waals surface area contributed by atoms with Crippen molar-refractivity contribution >= 4 is 25.7 Å². The standard InChI is InChI=1S/C52H86NO10P/c1-3-5-7-9-11-13-15-17-19-21-23-24-26-27-29-31-33-35-37-39-41-43-50(55)53-49(52(57)58)47-63-64(59,60)62-46-48(54)45-61-51(56)44-42-40-38-36-34-32-30-28-25-22-20-18-16-14-12-10-8-6-4-2/h5,7,11,13,17-20,23-24,27,29,33,35,39,41,48-49,54H,3-4,6,8-10,12,14-16,21-22,25-26,28,30-32,34,36-38,40,42-47H2,1-2H3,(H,53,55)(H,57,58)(H,59,60)/b7-5-,13-11-,19-17-,20-18+,24-23-,29-27-,35-33-,41-39-. The molecule has 0 aromatic carbocycles. The van der Waals surface area contributed by atoms with Gasteiger partial charge in [-0.05, 0) is 77.0 Å². The number of rotatable bonds is 44. The predicted molar refractivity (Wildman–Crippen MR) is 263 cm³/mol. The summed E-state index contributed by atoms with van der Waals surface area (Å²) in [5, 5.41) is 21.8. The number of unbranched alkanes of at least 4 members (excludes halogenated alkanes) is 15. The second kappa shape index (κ2) is 45.9. The van der Waals surface area contributed by atoms with Crippen LogP contribution in [0.5, 0.6) is 0 Å². The van der Waals surface area contributed by atoms with Crippen LogP contribution in [0.3, 0.4) is 0 Å². The number of nitrogens with one attached hydrogen (secondary N) is 1. The van der Waals surface area contributed by atoms with Crippen molar-refractivity contribution in [3.63, 3.8) is 0 Å². The minimum Gasteiger partial charge on any atom is -0.480 e. The van der Waals surface area contributed by atoms with Gasteiger partial charge in [0.25, 0.3) is 0 Å². The van der Waals surface area contributed by atoms with Crippen LogP contribution < -0.4 is 5.32 Å². The van der Waals surface area contributed by atoms with E-state index >= 15 is 0 Å². The number of hydrogen-bond acceptors (Lipinski definition) is 8. The van der Waals surface area contributed by atoms with Gasteiger partial charge in [0.1, 0.15) is 12.7 Å². The molecular formula is C52H86NO10P. The fraction of sp³-hybridized carbons (Fsp3) is 0.635. The molecule has 64 heavy (non-hydrogen) atoms. The maximum Gasteiger partial charge on any atom is 0.472 e. The Hall–Kier alpha value is -3.60. The van der Waals surface area contributed by atoms with E-state index in [1.165, 1.54) is 83.5 Å². The van der Waals surface area contributed by atoms with Crippen molar-refractivity contribution in [3.05, 3.63) is 97.2 Å². The van der Waals surface area contributed by atoms with E-state index in [1.54, 1.807) is 12.2 Å². The topological polar surface area (TPSA) is 169 Å². The van der Waals surface area contributed by atoms with Crippen molar-refractivity contribution in [1.82, 2.24) is 5.32 Å². The number of phosphoric acid groups is 1. The first-order valence-corrected chi connectivity index (χ1v) is 25.8. The molecule has 0 saturated carbocycles. The molecule has 0 rings (SSSR count). The highest BCUT2D eigenvalue weighted by molar-refractivity contribution is 7.47. The normalized spacial score (nSPS) is 14.4. The summed E-state index contributed by atoms with van der Waals surface area (Å²) in [5.41, 5.74) is 0. The number of hydrogen-bond donors (Lipinski definition) is 4. The van der Waals surface area contributed by atoms with Crippen LogP contribution in [0.15, 0.2) is 97.2 Å². The van der Waals surface area contributed by atoms with E-state index in [4.69, 9.17) is 13.8 Å². The summed E-state index contributed by atoms with van der Waals surface area (Å²) in [4.78, 5) is 46.0. The molecule has 1 amide bonds. The lowest BCUT2D eigenvalue weighted by Gasteiger charge is -2.18. The van der Waals surface area contributed by atoms with Crippen LogP contribution in [0, 0.1) is 0 Å². The first-order valence-electron chi connectivity index (χ1n) is 24.3. The number of carbonyl (C=O) groups excluding carboxylic acids is 2. The number of aliphatic carboxylic acids is 1. The number of phosphoric ester groups is 1. The van der Waals surface area contributed by atoms with Gasteiger partial charge in [0.2, 0.25) is 5.91 Å². The summed E-state index contributed by atoms with van der Waals surface area (Å²) in [7, 11) is -4.79. The second-order valence-corrected chi connectivity index (χ2v) is 17.4. The average molecular weight is 916 g/mol. The lowest BCUT2D eigenvalue weighted by atomic mass is 10.1. The minimum atomic E-state index is -4.79. The van der Waals surface area contributed by atoms with Gasteiger partial charge in [0, 0.05) is 12.8 Å². The zero-order valence-electron chi connectivity index (χ0n) is 39.5. The highest BCUT2D eigenvalue weighted by Crippen LogP contribution is 2.43. The van der Waals surface area contributed by atoms with Gasteiger partial charge in [-0.3, -0.25) is 18.6 Å². The van der Waals surface area contributed by atoms with E-state index in [2.05, 4.69) is 92.1 Å². The molecule has 11 nitrogen and oxygen atoms in total. The molecule has 364 valence electrons. The number of amides is 1. The van der Waals surface area contributed by atoms with Gasteiger partial charge in [-0.25, -0.2) is 9.36 Å². The third kappa shape index (κ3) is 45.0. The van der Waals surface area contributed by atoms with E-state index < -0.39 is 57.6 Å². The van der Waals surface area contributed by atoms with Crippen molar-refractivity contribution in [3.8, 4) is 0 Å². The molecule has 0 heterocycles. The van der Waals surface area contributed by atoms with Crippen LogP contribution in [0.4, 0.5) is 0 Å². The Balaban J connectivity index is 4.00. The minimum absolute atomic E-state index is 0.0946. The second-order valence-electron chi connectivity index (χ2n) is 15.9. The Morgan fingerprint density at radius 3 is 1.39 bits per heavy atom. The van der Waals surface area contributed by atoms with E-state index in [1.807, 2.05) is 12.2 Å². The van der Waals surface area contributed by atoms with Crippen LogP contribution in [0.25, 0.3) is 0 Å². The monoisotopic (exact) mass is 916 g/mol. The van der Waals surface area contributed by atoms with Gasteiger partial charge < -0.3 is 25.2 Å². The number of carboxylic acid groups (broad SMARTS) is 1. The Labute approximate surface area is 387 Å². The molecule has 0 aliphatic carbocycles. The molecule has 0 aromatic rings. The van der Waals surface area contributed by atoms with Gasteiger partial charge >= 0.3 is 19.8 Å². The van der Waals surface area contributed by atoms with Crippen LogP contribution >= 0.6 is 7.82 Å². The molecule has 0 bridgehead atoms. The number of allylic oxidation sites excluding steroid dienone is 15. The molecule has 3 atom stereocenters. The van der Waals surface area contributed by atoms with Crippen molar-refractivity contribution in [2.45, 2.75) is 193 Å². The number of carboxylic acids is 1. The third-order valence-electron chi connectivity index (χ3n) is 9.89. The van der Waals surface area contributed by atoms with Crippen LogP contribution in [0.2, 0.25) is 0 Å². The molecule has 4 N–H and O–H groups in total. The molecule has 0 aliphatic heterocycles. The zero-order chi connectivity index (χ0) is 47.0. The van der Waals surface area contributed by atoms with Crippen LogP contribution in [0.1, 0.15) is 181 Å². The molecule has 12 heteroatoms. The smallest absolute Gasteiger partial charge is 0.472 e. The summed E-state index contributed by atoms with van der Waals surface area (Å²) in [6.45, 7) is 2.41. The molecule has 3 unspecified atom stereocenters. The summed E-state index contributed by atoms with van der Waals surface area (Å²) in [6, 6.07) is -1.61. The van der Waals surface area contributed by atoms with Gasteiger partial charge in [-0.15, -0.1) is 0 Å². The van der Waals surface area contributed by atoms with E-state index in [0.29, 0.717) is 12.8 Å². The quantitative estimate of drug-likeness (QED) is 0.0200. The Morgan fingerprint density at radius 2 is 0.938 bits per heavy atom. The van der Waals surface area contributed by atoms with Crippen molar-refractivity contribution in [1.29, 1.82) is 0 Å². The Morgan fingerprint density at radius 1 is 0.531 bits per heavy atom. The molecule has 0 aromatic heterocycles.